The zero-order valence-corrected chi connectivity index (χ0v) is 14.6. The van der Waals surface area contributed by atoms with Gasteiger partial charge in [-0.3, -0.25) is 4.79 Å². The molecule has 0 radical (unpaired) electrons. The first kappa shape index (κ1) is 17.5. The van der Waals surface area contributed by atoms with Crippen molar-refractivity contribution in [2.45, 2.75) is 32.6 Å². The number of hydrogen-bond acceptors (Lipinski definition) is 4. The first-order valence-corrected chi connectivity index (χ1v) is 8.56. The van der Waals surface area contributed by atoms with E-state index < -0.39 is 0 Å². The number of anilines is 1. The normalized spacial score (nSPS) is 20.1. The molecule has 1 fully saturated rings. The molecule has 0 aromatic heterocycles. The van der Waals surface area contributed by atoms with E-state index in [4.69, 9.17) is 9.47 Å². The number of nitrogens with one attached hydrogen (secondary N) is 2. The Balaban J connectivity index is 1.60. The molecular formula is C20H24N2O3. The molecule has 132 valence electrons. The van der Waals surface area contributed by atoms with E-state index in [9.17, 15) is 4.79 Å². The van der Waals surface area contributed by atoms with Gasteiger partial charge in [0, 0.05) is 18.3 Å². The van der Waals surface area contributed by atoms with Gasteiger partial charge in [0.25, 0.3) is 0 Å². The number of carbonyl (C=O) groups is 1. The van der Waals surface area contributed by atoms with Crippen LogP contribution in [-0.2, 0) is 16.1 Å². The first-order valence-electron chi connectivity index (χ1n) is 8.56. The van der Waals surface area contributed by atoms with Gasteiger partial charge in [0.1, 0.15) is 18.4 Å². The van der Waals surface area contributed by atoms with Crippen molar-refractivity contribution in [2.75, 3.05) is 18.5 Å². The second-order valence-electron chi connectivity index (χ2n) is 6.30. The van der Waals surface area contributed by atoms with Gasteiger partial charge in [-0.25, -0.2) is 0 Å². The Bertz CT molecular complexity index is 732. The van der Waals surface area contributed by atoms with Gasteiger partial charge < -0.3 is 20.1 Å². The molecule has 1 aliphatic rings. The summed E-state index contributed by atoms with van der Waals surface area (Å²) in [6.45, 7) is 5.77. The molecule has 2 N–H and O–H groups in total. The fourth-order valence-corrected chi connectivity index (χ4v) is 2.88. The van der Waals surface area contributed by atoms with Crippen LogP contribution in [-0.4, -0.2) is 31.2 Å². The SMILES string of the molecule is Cc1cccc(COc2cccc(NC(=O)[C@H]3NCCO[C@@H]3C)c2)c1. The molecule has 3 rings (SSSR count). The highest BCUT2D eigenvalue weighted by atomic mass is 16.5. The van der Waals surface area contributed by atoms with Crippen molar-refractivity contribution in [3.05, 3.63) is 59.7 Å². The summed E-state index contributed by atoms with van der Waals surface area (Å²) < 4.78 is 11.4. The van der Waals surface area contributed by atoms with Gasteiger partial charge in [-0.2, -0.15) is 0 Å². The monoisotopic (exact) mass is 340 g/mol. The van der Waals surface area contributed by atoms with Gasteiger partial charge in [-0.1, -0.05) is 35.9 Å². The van der Waals surface area contributed by atoms with E-state index in [2.05, 4.69) is 29.7 Å². The number of morpholine rings is 1. The fraction of sp³-hybridized carbons (Fsp3) is 0.350. The average Bonchev–Trinajstić information content (AvgIpc) is 2.61. The number of aryl methyl sites for hydroxylation is 1. The van der Waals surface area contributed by atoms with Gasteiger partial charge in [0.15, 0.2) is 0 Å². The van der Waals surface area contributed by atoms with Crippen molar-refractivity contribution in [3.8, 4) is 5.75 Å². The summed E-state index contributed by atoms with van der Waals surface area (Å²) in [5, 5.41) is 6.12. The summed E-state index contributed by atoms with van der Waals surface area (Å²) in [5.41, 5.74) is 3.04. The molecule has 5 heteroatoms. The number of benzene rings is 2. The molecule has 5 nitrogen and oxygen atoms in total. The summed E-state index contributed by atoms with van der Waals surface area (Å²) >= 11 is 0. The van der Waals surface area contributed by atoms with Crippen molar-refractivity contribution in [2.24, 2.45) is 0 Å². The Morgan fingerprint density at radius 1 is 1.28 bits per heavy atom. The molecule has 2 aromatic carbocycles. The zero-order valence-electron chi connectivity index (χ0n) is 14.6. The van der Waals surface area contributed by atoms with Gasteiger partial charge >= 0.3 is 0 Å². The van der Waals surface area contributed by atoms with E-state index in [1.807, 2.05) is 43.3 Å². The molecule has 0 spiro atoms. The Morgan fingerprint density at radius 3 is 2.92 bits per heavy atom. The second-order valence-corrected chi connectivity index (χ2v) is 6.30. The number of rotatable bonds is 5. The van der Waals surface area contributed by atoms with Crippen molar-refractivity contribution in [1.82, 2.24) is 5.32 Å². The predicted octanol–water partition coefficient (Wildman–Crippen LogP) is 2.89. The highest BCUT2D eigenvalue weighted by Gasteiger charge is 2.28. The van der Waals surface area contributed by atoms with Crippen LogP contribution in [0.25, 0.3) is 0 Å². The lowest BCUT2D eigenvalue weighted by atomic mass is 10.1. The van der Waals surface area contributed by atoms with Gasteiger partial charge in [0.05, 0.1) is 12.7 Å². The van der Waals surface area contributed by atoms with Crippen LogP contribution in [0, 0.1) is 6.92 Å². The molecule has 0 bridgehead atoms. The lowest BCUT2D eigenvalue weighted by molar-refractivity contribution is -0.123. The van der Waals surface area contributed by atoms with E-state index in [0.29, 0.717) is 25.4 Å². The third-order valence-corrected chi connectivity index (χ3v) is 4.19. The summed E-state index contributed by atoms with van der Waals surface area (Å²) in [6, 6.07) is 15.3. The van der Waals surface area contributed by atoms with Crippen LogP contribution in [0.5, 0.6) is 5.75 Å². The van der Waals surface area contributed by atoms with Crippen LogP contribution in [0.2, 0.25) is 0 Å². The maximum atomic E-state index is 12.4. The maximum Gasteiger partial charge on any atom is 0.244 e. The smallest absolute Gasteiger partial charge is 0.244 e. The third kappa shape index (κ3) is 4.81. The molecule has 2 atom stereocenters. The summed E-state index contributed by atoms with van der Waals surface area (Å²) in [4.78, 5) is 12.4. The minimum atomic E-state index is -0.342. The molecule has 25 heavy (non-hydrogen) atoms. The van der Waals surface area contributed by atoms with Crippen molar-refractivity contribution in [3.63, 3.8) is 0 Å². The molecule has 1 amide bonds. The summed E-state index contributed by atoms with van der Waals surface area (Å²) in [7, 11) is 0. The van der Waals surface area contributed by atoms with E-state index in [0.717, 1.165) is 11.3 Å². The maximum absolute atomic E-state index is 12.4. The highest BCUT2D eigenvalue weighted by molar-refractivity contribution is 5.95. The summed E-state index contributed by atoms with van der Waals surface area (Å²) in [5.74, 6) is 0.628. The minimum Gasteiger partial charge on any atom is -0.489 e. The molecule has 0 unspecified atom stereocenters. The molecule has 2 aromatic rings. The Hall–Kier alpha value is -2.37. The van der Waals surface area contributed by atoms with E-state index in [1.165, 1.54) is 5.56 Å². The van der Waals surface area contributed by atoms with Crippen LogP contribution in [0.1, 0.15) is 18.1 Å². The highest BCUT2D eigenvalue weighted by Crippen LogP contribution is 2.19. The van der Waals surface area contributed by atoms with E-state index >= 15 is 0 Å². The third-order valence-electron chi connectivity index (χ3n) is 4.19. The van der Waals surface area contributed by atoms with Crippen LogP contribution in [0.3, 0.4) is 0 Å². The molecule has 1 heterocycles. The summed E-state index contributed by atoms with van der Waals surface area (Å²) in [6.07, 6.45) is -0.144. The van der Waals surface area contributed by atoms with Gasteiger partial charge in [-0.15, -0.1) is 0 Å². The van der Waals surface area contributed by atoms with Crippen molar-refractivity contribution >= 4 is 11.6 Å². The van der Waals surface area contributed by atoms with Gasteiger partial charge in [-0.05, 0) is 31.5 Å². The van der Waals surface area contributed by atoms with Crippen LogP contribution >= 0.6 is 0 Å². The van der Waals surface area contributed by atoms with Crippen molar-refractivity contribution in [1.29, 1.82) is 0 Å². The average molecular weight is 340 g/mol. The number of amides is 1. The number of ether oxygens (including phenoxy) is 2. The molecule has 0 aliphatic carbocycles. The second kappa shape index (κ2) is 8.14. The Labute approximate surface area is 148 Å². The lowest BCUT2D eigenvalue weighted by Crippen LogP contribution is -2.53. The largest absolute Gasteiger partial charge is 0.489 e. The van der Waals surface area contributed by atoms with Crippen LogP contribution in [0.4, 0.5) is 5.69 Å². The van der Waals surface area contributed by atoms with Crippen LogP contribution < -0.4 is 15.4 Å². The van der Waals surface area contributed by atoms with E-state index in [1.54, 1.807) is 0 Å². The first-order chi connectivity index (χ1) is 12.1. The van der Waals surface area contributed by atoms with Crippen molar-refractivity contribution < 1.29 is 14.3 Å². The quantitative estimate of drug-likeness (QED) is 0.879. The number of carbonyl (C=O) groups excluding carboxylic acids is 1. The molecule has 1 aliphatic heterocycles. The molecule has 0 saturated carbocycles. The molecular weight excluding hydrogens is 316 g/mol. The lowest BCUT2D eigenvalue weighted by Gasteiger charge is -2.29. The van der Waals surface area contributed by atoms with Crippen LogP contribution in [0.15, 0.2) is 48.5 Å². The van der Waals surface area contributed by atoms with Gasteiger partial charge in [0.2, 0.25) is 5.91 Å². The standard InChI is InChI=1S/C20H24N2O3/c1-14-5-3-6-16(11-14)13-25-18-8-4-7-17(12-18)22-20(23)19-15(2)24-10-9-21-19/h3-8,11-12,15,19,21H,9-10,13H2,1-2H3,(H,22,23)/t15-,19+/m1/s1. The Morgan fingerprint density at radius 2 is 2.12 bits per heavy atom. The zero-order chi connectivity index (χ0) is 17.6. The minimum absolute atomic E-state index is 0.0944. The van der Waals surface area contributed by atoms with E-state index in [-0.39, 0.29) is 18.1 Å². The topological polar surface area (TPSA) is 59.6 Å². The number of hydrogen-bond donors (Lipinski definition) is 2. The predicted molar refractivity (Wildman–Crippen MR) is 97.8 cm³/mol. The fourth-order valence-electron chi connectivity index (χ4n) is 2.88. The molecule has 1 saturated heterocycles. The Kier molecular flexibility index (Phi) is 5.68.